The number of phosphoric acid groups is 2. The summed E-state index contributed by atoms with van der Waals surface area (Å²) in [5, 5.41) is 20.9. The van der Waals surface area contributed by atoms with Crippen LogP contribution >= 0.6 is 15.6 Å². The van der Waals surface area contributed by atoms with Gasteiger partial charge in [-0.2, -0.15) is 9.29 Å². The topological polar surface area (TPSA) is 283 Å². The lowest BCUT2D eigenvalue weighted by Crippen LogP contribution is -2.36. The monoisotopic (exact) mass is 1090 g/mol. The van der Waals surface area contributed by atoms with Gasteiger partial charge in [-0.05, 0) is 56.6 Å². The number of anilines is 1. The van der Waals surface area contributed by atoms with Crippen LogP contribution in [0.25, 0.3) is 0 Å². The number of rotatable bonds is 44. The smallest absolute Gasteiger partial charge is 0.462 e. The number of hydrogen-bond donors (Lipinski definition) is 5. The zero-order chi connectivity index (χ0) is 54.5. The summed E-state index contributed by atoms with van der Waals surface area (Å²) in [7, 11) is -10.9. The lowest BCUT2D eigenvalue weighted by Gasteiger charge is -2.21. The molecule has 21 heteroatoms. The van der Waals surface area contributed by atoms with E-state index in [-0.39, 0.29) is 24.4 Å². The lowest BCUT2D eigenvalue weighted by atomic mass is 10.0. The number of ether oxygens (including phenoxy) is 3. The Kier molecular flexibility index (Phi) is 35.7. The van der Waals surface area contributed by atoms with Crippen LogP contribution in [0.3, 0.4) is 0 Å². The van der Waals surface area contributed by atoms with Crippen molar-refractivity contribution in [2.24, 2.45) is 5.92 Å². The summed E-state index contributed by atoms with van der Waals surface area (Å²) in [4.78, 5) is 73.8. The molecule has 1 aromatic heterocycles. The fourth-order valence-corrected chi connectivity index (χ4v) is 9.97. The number of nitrogens with zero attached hydrogens (tertiary/aromatic N) is 2. The van der Waals surface area contributed by atoms with Gasteiger partial charge in [0, 0.05) is 25.5 Å². The molecular formula is C53H89N3O16P2. The number of aliphatic hydroxyl groups is 2. The van der Waals surface area contributed by atoms with Crippen molar-refractivity contribution in [3.63, 3.8) is 0 Å². The molecule has 1 fully saturated rings. The number of nitrogen functional groups attached to an aromatic ring is 1. The van der Waals surface area contributed by atoms with Gasteiger partial charge < -0.3 is 39.9 Å². The molecule has 0 spiro atoms. The maximum absolute atomic E-state index is 12.9. The van der Waals surface area contributed by atoms with Crippen molar-refractivity contribution < 1.29 is 71.1 Å². The fourth-order valence-electron chi connectivity index (χ4n) is 7.86. The molecule has 19 nitrogen and oxygen atoms in total. The maximum Gasteiger partial charge on any atom is 0.481 e. The predicted octanol–water partition coefficient (Wildman–Crippen LogP) is 10.8. The third-order valence-corrected chi connectivity index (χ3v) is 14.7. The number of carbonyl (C=O) groups is 3. The number of allylic oxidation sites excluding steroid dienone is 8. The number of esters is 2. The first-order valence-corrected chi connectivity index (χ1v) is 30.0. The van der Waals surface area contributed by atoms with Gasteiger partial charge in [-0.1, -0.05) is 172 Å². The van der Waals surface area contributed by atoms with E-state index in [1.807, 2.05) is 36.5 Å². The summed E-state index contributed by atoms with van der Waals surface area (Å²) in [5.41, 5.74) is 4.58. The average molecular weight is 1090 g/mol. The van der Waals surface area contributed by atoms with Crippen molar-refractivity contribution in [1.29, 1.82) is 0 Å². The van der Waals surface area contributed by atoms with E-state index >= 15 is 0 Å². The van der Waals surface area contributed by atoms with Gasteiger partial charge in [0.1, 0.15) is 30.7 Å². The second kappa shape index (κ2) is 39.7. The van der Waals surface area contributed by atoms with Crippen LogP contribution in [0.4, 0.5) is 5.82 Å². The van der Waals surface area contributed by atoms with E-state index in [0.717, 1.165) is 61.6 Å². The van der Waals surface area contributed by atoms with Gasteiger partial charge >= 0.3 is 33.3 Å². The van der Waals surface area contributed by atoms with Crippen molar-refractivity contribution >= 4 is 39.2 Å². The Bertz CT molecular complexity index is 2010. The lowest BCUT2D eigenvalue weighted by molar-refractivity contribution is -0.161. The molecule has 0 bridgehead atoms. The molecule has 2 heterocycles. The minimum Gasteiger partial charge on any atom is -0.462 e. The molecular weight excluding hydrogens is 997 g/mol. The minimum absolute atomic E-state index is 0.0517. The van der Waals surface area contributed by atoms with Crippen LogP contribution in [0.2, 0.25) is 0 Å². The predicted molar refractivity (Wildman–Crippen MR) is 284 cm³/mol. The van der Waals surface area contributed by atoms with Crippen LogP contribution in [0, 0.1) is 5.92 Å². The van der Waals surface area contributed by atoms with E-state index in [0.29, 0.717) is 38.5 Å². The number of unbranched alkanes of at least 4 members (excludes halogenated alkanes) is 17. The highest BCUT2D eigenvalue weighted by Crippen LogP contribution is 2.60. The third kappa shape index (κ3) is 32.7. The second-order valence-electron chi connectivity index (χ2n) is 19.2. The number of hydrogen-bond acceptors (Lipinski definition) is 16. The minimum atomic E-state index is -5.45. The van der Waals surface area contributed by atoms with Crippen molar-refractivity contribution in [2.45, 2.75) is 218 Å². The van der Waals surface area contributed by atoms with Gasteiger partial charge in [-0.25, -0.2) is 13.9 Å². The van der Waals surface area contributed by atoms with E-state index in [1.54, 1.807) is 12.2 Å². The van der Waals surface area contributed by atoms with Crippen LogP contribution in [0.5, 0.6) is 0 Å². The van der Waals surface area contributed by atoms with Gasteiger partial charge in [-0.15, -0.1) is 0 Å². The van der Waals surface area contributed by atoms with E-state index in [1.165, 1.54) is 76.7 Å². The molecule has 2 rings (SSSR count). The summed E-state index contributed by atoms with van der Waals surface area (Å²) < 4.78 is 56.8. The SMILES string of the molecule is CCCCCC(=O)/C=C/C=C\C/C=C\C/C=C\CCCC(=O)O[C@H](COC(=O)CCCCCCCCCCCCCCCCCC(C)C)COP(=O)(O)OP(=O)(O)OC[C@H]1O[C@@H](n2ccc(N)nc2=O)[C@H](O)[C@@H]1O. The summed E-state index contributed by atoms with van der Waals surface area (Å²) >= 11 is 0. The maximum atomic E-state index is 12.9. The first kappa shape index (κ1) is 66.5. The van der Waals surface area contributed by atoms with Gasteiger partial charge in [0.2, 0.25) is 0 Å². The third-order valence-electron chi connectivity index (χ3n) is 12.1. The Balaban J connectivity index is 1.81. The normalized spacial score (nSPS) is 19.2. The largest absolute Gasteiger partial charge is 0.481 e. The van der Waals surface area contributed by atoms with E-state index in [9.17, 15) is 48.3 Å². The summed E-state index contributed by atoms with van der Waals surface area (Å²) in [6, 6.07) is 1.24. The molecule has 6 N–H and O–H groups in total. The van der Waals surface area contributed by atoms with Crippen LogP contribution < -0.4 is 11.4 Å². The number of phosphoric ester groups is 2. The molecule has 1 aromatic rings. The number of nitrogens with two attached hydrogens (primary N) is 1. The molecule has 0 aromatic carbocycles. The first-order chi connectivity index (χ1) is 35.4. The molecule has 1 saturated heterocycles. The molecule has 0 saturated carbocycles. The average Bonchev–Trinajstić information content (AvgIpc) is 3.62. The molecule has 1 aliphatic rings. The van der Waals surface area contributed by atoms with Crippen LogP contribution in [-0.2, 0) is 51.1 Å². The van der Waals surface area contributed by atoms with Crippen molar-refractivity contribution in [3.05, 3.63) is 71.4 Å². The highest BCUT2D eigenvalue weighted by atomic mass is 31.3. The van der Waals surface area contributed by atoms with Crippen molar-refractivity contribution in [2.75, 3.05) is 25.6 Å². The van der Waals surface area contributed by atoms with Gasteiger partial charge in [0.25, 0.3) is 0 Å². The van der Waals surface area contributed by atoms with Gasteiger partial charge in [-0.3, -0.25) is 28.0 Å². The Morgan fingerprint density at radius 1 is 0.730 bits per heavy atom. The van der Waals surface area contributed by atoms with Gasteiger partial charge in [0.05, 0.1) is 13.2 Å². The standard InChI is InChI=1S/C53H89N3O16P2/c1-4-5-28-34-44(57)35-30-25-21-17-13-11-15-19-23-27-32-37-49(59)70-45(40-67-48(58)36-31-26-22-18-14-10-8-6-7-9-12-16-20-24-29-33-43(2)3)41-68-73(63,64)72-74(65,66)69-42-46-50(60)51(61)52(71-46)56-39-38-47(54)55-53(56)62/h11,13,19,21,23,25,30,35,38-39,43,45-46,50-52,60-61H,4-10,12,14-18,20,22,24,26-29,31-34,36-37,40-42H2,1-3H3,(H,63,64)(H,65,66)(H2,54,55,62)/b13-11-,23-19-,25-21-,35-30+/t45-,46-,50-,51-,52-/m1/s1. The van der Waals surface area contributed by atoms with E-state index in [2.05, 4.69) is 30.1 Å². The number of ketones is 1. The quantitative estimate of drug-likeness (QED) is 0.0101. The van der Waals surface area contributed by atoms with Crippen molar-refractivity contribution in [1.82, 2.24) is 9.55 Å². The molecule has 422 valence electrons. The number of aromatic nitrogens is 2. The molecule has 0 radical (unpaired) electrons. The zero-order valence-corrected chi connectivity index (χ0v) is 46.1. The summed E-state index contributed by atoms with van der Waals surface area (Å²) in [5.74, 6) is -0.473. The first-order valence-electron chi connectivity index (χ1n) is 27.0. The summed E-state index contributed by atoms with van der Waals surface area (Å²) in [6.45, 7) is 4.28. The molecule has 1 aliphatic heterocycles. The fraction of sp³-hybridized carbons (Fsp3) is 0.717. The van der Waals surface area contributed by atoms with Crippen LogP contribution in [0.1, 0.15) is 194 Å². The Morgan fingerprint density at radius 3 is 1.92 bits per heavy atom. The van der Waals surface area contributed by atoms with Crippen LogP contribution in [0.15, 0.2) is 65.7 Å². The van der Waals surface area contributed by atoms with Crippen LogP contribution in [-0.4, -0.2) is 91.5 Å². The highest BCUT2D eigenvalue weighted by Gasteiger charge is 2.46. The second-order valence-corrected chi connectivity index (χ2v) is 22.3. The molecule has 74 heavy (non-hydrogen) atoms. The molecule has 0 aliphatic carbocycles. The Hall–Kier alpha value is -3.61. The Labute approximate surface area is 439 Å². The van der Waals surface area contributed by atoms with E-state index < -0.39 is 83.7 Å². The van der Waals surface area contributed by atoms with Crippen molar-refractivity contribution in [3.8, 4) is 0 Å². The van der Waals surface area contributed by atoms with Gasteiger partial charge in [0.15, 0.2) is 18.1 Å². The molecule has 2 unspecified atom stereocenters. The highest BCUT2D eigenvalue weighted by molar-refractivity contribution is 7.61. The number of aliphatic hydroxyl groups excluding tert-OH is 2. The summed E-state index contributed by atoms with van der Waals surface area (Å²) in [6.07, 6.45) is 33.3. The number of carbonyl (C=O) groups excluding carboxylic acids is 3. The van der Waals surface area contributed by atoms with E-state index in [4.69, 9.17) is 29.0 Å². The zero-order valence-electron chi connectivity index (χ0n) is 44.3. The molecule has 7 atom stereocenters. The molecule has 0 amide bonds. The Morgan fingerprint density at radius 2 is 1.30 bits per heavy atom.